The van der Waals surface area contributed by atoms with Gasteiger partial charge in [0.05, 0.1) is 18.4 Å². The van der Waals surface area contributed by atoms with E-state index in [1.54, 1.807) is 31.3 Å². The summed E-state index contributed by atoms with van der Waals surface area (Å²) in [6.45, 7) is -1.27. The molecule has 0 aliphatic carbocycles. The molecule has 0 aliphatic rings. The number of nitrogens with zero attached hydrogens (tertiary/aromatic N) is 5. The molecule has 1 amide bonds. The fourth-order valence-electron chi connectivity index (χ4n) is 4.33. The summed E-state index contributed by atoms with van der Waals surface area (Å²) in [7, 11) is 2.61. The van der Waals surface area contributed by atoms with Gasteiger partial charge in [-0.25, -0.2) is 18.4 Å². The molecular formula is C28H22F4N6O4. The molecule has 216 valence electrons. The number of halogens is 4. The van der Waals surface area contributed by atoms with E-state index < -0.39 is 41.0 Å². The van der Waals surface area contributed by atoms with Crippen molar-refractivity contribution in [2.24, 2.45) is 7.05 Å². The number of aromatic nitrogens is 5. The summed E-state index contributed by atoms with van der Waals surface area (Å²) in [4.78, 5) is 31.5. The van der Waals surface area contributed by atoms with Crippen molar-refractivity contribution < 1.29 is 31.8 Å². The third-order valence-corrected chi connectivity index (χ3v) is 6.23. The fraction of sp³-hybridized carbons (Fsp3) is 0.143. The second-order valence-electron chi connectivity index (χ2n) is 8.94. The van der Waals surface area contributed by atoms with Crippen LogP contribution in [0.1, 0.15) is 16.1 Å². The molecule has 0 saturated carbocycles. The highest BCUT2D eigenvalue weighted by atomic mass is 19.3. The second kappa shape index (κ2) is 11.2. The lowest BCUT2D eigenvalue weighted by atomic mass is 10.1. The first-order chi connectivity index (χ1) is 20.1. The molecule has 3 aromatic heterocycles. The number of anilines is 1. The average Bonchev–Trinajstić information content (AvgIpc) is 3.49. The van der Waals surface area contributed by atoms with E-state index in [9.17, 15) is 18.4 Å². The first-order valence-electron chi connectivity index (χ1n) is 12.3. The first kappa shape index (κ1) is 28.1. The smallest absolute Gasteiger partial charge is 0.387 e. The molecule has 5 rings (SSSR count). The number of ether oxygens (including phenoxy) is 2. The zero-order valence-corrected chi connectivity index (χ0v) is 22.3. The molecular weight excluding hydrogens is 560 g/mol. The number of amides is 1. The zero-order valence-electron chi connectivity index (χ0n) is 22.3. The van der Waals surface area contributed by atoms with Crippen LogP contribution in [0.4, 0.5) is 23.2 Å². The van der Waals surface area contributed by atoms with Crippen LogP contribution in [0.2, 0.25) is 0 Å². The number of methoxy groups -OCH3 is 1. The van der Waals surface area contributed by atoms with Crippen LogP contribution in [0.15, 0.2) is 71.7 Å². The van der Waals surface area contributed by atoms with Crippen molar-refractivity contribution in [3.05, 3.63) is 100 Å². The molecule has 0 fully saturated rings. The SMILES string of the molecule is COc1cc(F)c(-c2c(NC(=O)c3ccc(OC(F)F)cc3)c(=O)n(-c3cccc(-n4ccc(C)n4)n3)n2C)c(F)c1. The average molecular weight is 583 g/mol. The lowest BCUT2D eigenvalue weighted by Gasteiger charge is -2.13. The highest BCUT2D eigenvalue weighted by molar-refractivity contribution is 6.06. The van der Waals surface area contributed by atoms with Crippen LogP contribution in [0.3, 0.4) is 0 Å². The minimum Gasteiger partial charge on any atom is -0.497 e. The van der Waals surface area contributed by atoms with Crippen molar-refractivity contribution in [1.29, 1.82) is 0 Å². The first-order valence-corrected chi connectivity index (χ1v) is 12.3. The van der Waals surface area contributed by atoms with Gasteiger partial charge in [0, 0.05) is 30.9 Å². The van der Waals surface area contributed by atoms with E-state index in [1.165, 1.54) is 37.0 Å². The minimum atomic E-state index is -3.06. The highest BCUT2D eigenvalue weighted by Gasteiger charge is 2.28. The molecule has 0 bridgehead atoms. The predicted octanol–water partition coefficient (Wildman–Crippen LogP) is 4.87. The topological polar surface area (TPSA) is 105 Å². The van der Waals surface area contributed by atoms with Crippen LogP contribution in [0, 0.1) is 18.6 Å². The molecule has 10 nitrogen and oxygen atoms in total. The van der Waals surface area contributed by atoms with Crippen LogP contribution in [-0.4, -0.2) is 43.8 Å². The van der Waals surface area contributed by atoms with Gasteiger partial charge in [0.15, 0.2) is 11.6 Å². The summed E-state index contributed by atoms with van der Waals surface area (Å²) < 4.78 is 68.6. The summed E-state index contributed by atoms with van der Waals surface area (Å²) in [6, 6.07) is 13.1. The quantitative estimate of drug-likeness (QED) is 0.262. The van der Waals surface area contributed by atoms with Crippen molar-refractivity contribution in [1.82, 2.24) is 24.1 Å². The van der Waals surface area contributed by atoms with Gasteiger partial charge in [-0.3, -0.25) is 14.3 Å². The molecule has 1 N–H and O–H groups in total. The van der Waals surface area contributed by atoms with E-state index >= 15 is 8.78 Å². The van der Waals surface area contributed by atoms with Gasteiger partial charge in [0.1, 0.15) is 34.5 Å². The summed E-state index contributed by atoms with van der Waals surface area (Å²) in [5.41, 5.74) is -1.53. The van der Waals surface area contributed by atoms with Crippen LogP contribution in [0.5, 0.6) is 11.5 Å². The van der Waals surface area contributed by atoms with Crippen LogP contribution >= 0.6 is 0 Å². The van der Waals surface area contributed by atoms with Gasteiger partial charge < -0.3 is 14.8 Å². The Morgan fingerprint density at radius 2 is 1.64 bits per heavy atom. The number of pyridine rings is 1. The molecule has 3 heterocycles. The Morgan fingerprint density at radius 3 is 2.24 bits per heavy atom. The van der Waals surface area contributed by atoms with E-state index in [4.69, 9.17) is 4.74 Å². The Bertz CT molecular complexity index is 1820. The lowest BCUT2D eigenvalue weighted by Crippen LogP contribution is -2.24. The number of carbonyl (C=O) groups is 1. The second-order valence-corrected chi connectivity index (χ2v) is 8.94. The van der Waals surface area contributed by atoms with Crippen molar-refractivity contribution in [3.63, 3.8) is 0 Å². The molecule has 5 aromatic rings. The number of alkyl halides is 2. The van der Waals surface area contributed by atoms with Gasteiger partial charge in [-0.15, -0.1) is 0 Å². The molecule has 0 spiro atoms. The lowest BCUT2D eigenvalue weighted by molar-refractivity contribution is -0.0498. The van der Waals surface area contributed by atoms with E-state index in [0.29, 0.717) is 5.82 Å². The Kier molecular flexibility index (Phi) is 7.53. The van der Waals surface area contributed by atoms with Crippen LogP contribution in [-0.2, 0) is 7.05 Å². The van der Waals surface area contributed by atoms with E-state index in [1.807, 2.05) is 0 Å². The molecule has 0 atom stereocenters. The largest absolute Gasteiger partial charge is 0.497 e. The molecule has 0 radical (unpaired) electrons. The number of rotatable bonds is 8. The number of nitrogens with one attached hydrogen (secondary N) is 1. The Balaban J connectivity index is 1.65. The van der Waals surface area contributed by atoms with E-state index in [0.717, 1.165) is 39.3 Å². The number of hydrogen-bond acceptors (Lipinski definition) is 6. The third kappa shape index (κ3) is 5.33. The molecule has 0 unspecified atom stereocenters. The molecule has 42 heavy (non-hydrogen) atoms. The maximum atomic E-state index is 15.3. The van der Waals surface area contributed by atoms with Crippen molar-refractivity contribution >= 4 is 11.6 Å². The normalized spacial score (nSPS) is 11.1. The van der Waals surface area contributed by atoms with Gasteiger partial charge in [0.2, 0.25) is 0 Å². The van der Waals surface area contributed by atoms with Crippen molar-refractivity contribution in [2.45, 2.75) is 13.5 Å². The molecule has 14 heteroatoms. The van der Waals surface area contributed by atoms with Gasteiger partial charge in [-0.05, 0) is 49.4 Å². The summed E-state index contributed by atoms with van der Waals surface area (Å²) in [6.07, 6.45) is 1.67. The van der Waals surface area contributed by atoms with Crippen molar-refractivity contribution in [3.8, 4) is 34.4 Å². The summed E-state index contributed by atoms with van der Waals surface area (Å²) in [5, 5.41) is 6.73. The Morgan fingerprint density at radius 1 is 0.976 bits per heavy atom. The molecule has 0 saturated heterocycles. The summed E-state index contributed by atoms with van der Waals surface area (Å²) >= 11 is 0. The van der Waals surface area contributed by atoms with Crippen molar-refractivity contribution in [2.75, 3.05) is 12.4 Å². The summed E-state index contributed by atoms with van der Waals surface area (Å²) in [5.74, 6) is -2.83. The van der Waals surface area contributed by atoms with Gasteiger partial charge in [-0.1, -0.05) is 6.07 Å². The van der Waals surface area contributed by atoms with Gasteiger partial charge in [0.25, 0.3) is 11.5 Å². The van der Waals surface area contributed by atoms with E-state index in [2.05, 4.69) is 20.1 Å². The van der Waals surface area contributed by atoms with Crippen LogP contribution in [0.25, 0.3) is 22.9 Å². The predicted molar refractivity (Wildman–Crippen MR) is 144 cm³/mol. The zero-order chi connectivity index (χ0) is 30.1. The van der Waals surface area contributed by atoms with Gasteiger partial charge >= 0.3 is 6.61 Å². The Hall–Kier alpha value is -5.40. The van der Waals surface area contributed by atoms with Crippen LogP contribution < -0.4 is 20.3 Å². The van der Waals surface area contributed by atoms with E-state index in [-0.39, 0.29) is 28.6 Å². The third-order valence-electron chi connectivity index (χ3n) is 6.23. The molecule has 2 aromatic carbocycles. The highest BCUT2D eigenvalue weighted by Crippen LogP contribution is 2.34. The number of hydrogen-bond donors (Lipinski definition) is 1. The maximum absolute atomic E-state index is 15.3. The molecule has 0 aliphatic heterocycles. The van der Waals surface area contributed by atoms with Gasteiger partial charge in [-0.2, -0.15) is 18.6 Å². The monoisotopic (exact) mass is 582 g/mol. The number of aryl methyl sites for hydroxylation is 1. The fourth-order valence-corrected chi connectivity index (χ4v) is 4.33. The standard InChI is InChI=1S/C28H22F4N6O4/c1-15-11-12-37(35-15)21-5-4-6-22(33-21)38-27(40)24(34-26(39)16-7-9-17(10-8-16)42-28(31)32)25(36(38)2)23-19(29)13-18(41-3)14-20(23)30/h4-14,28H,1-3H3,(H,34,39). The maximum Gasteiger partial charge on any atom is 0.387 e. The number of carbonyl (C=O) groups excluding carboxylic acids is 1. The Labute approximate surface area is 235 Å². The minimum absolute atomic E-state index is 0.0396. The number of benzene rings is 2.